The monoisotopic (exact) mass is 654 g/mol. The molecule has 0 spiro atoms. The first kappa shape index (κ1) is 43.5. The van der Waals surface area contributed by atoms with Gasteiger partial charge in [-0.1, -0.05) is 90.9 Å². The van der Waals surface area contributed by atoms with Crippen LogP contribution in [0.5, 0.6) is 0 Å². The Hall–Kier alpha value is -1.46. The topological polar surface area (TPSA) is 260 Å². The van der Waals surface area contributed by atoms with Crippen molar-refractivity contribution in [3.63, 3.8) is 0 Å². The van der Waals surface area contributed by atoms with Crippen LogP contribution in [0.3, 0.4) is 0 Å². The van der Waals surface area contributed by atoms with Gasteiger partial charge in [-0.15, -0.1) is 0 Å². The number of amides is 2. The Labute approximate surface area is 267 Å². The lowest BCUT2D eigenvalue weighted by Crippen LogP contribution is -2.56. The summed E-state index contributed by atoms with van der Waals surface area (Å²) in [6, 6.07) is 0. The minimum atomic E-state index is -1.91. The van der Waals surface area contributed by atoms with Gasteiger partial charge in [-0.3, -0.25) is 9.59 Å². The number of carbonyl (C=O) groups is 2. The predicted molar refractivity (Wildman–Crippen MR) is 167 cm³/mol. The molecule has 0 saturated carbocycles. The van der Waals surface area contributed by atoms with E-state index in [0.29, 0.717) is 12.8 Å². The van der Waals surface area contributed by atoms with Crippen LogP contribution in [-0.4, -0.2) is 138 Å². The first-order valence-electron chi connectivity index (χ1n) is 16.6. The summed E-state index contributed by atoms with van der Waals surface area (Å²) >= 11 is 0. The zero-order chi connectivity index (χ0) is 34.4. The molecule has 2 amide bonds. The average molecular weight is 655 g/mol. The molecule has 0 rings (SSSR count). The first-order chi connectivity index (χ1) is 21.3. The van der Waals surface area contributed by atoms with Crippen LogP contribution in [0.1, 0.15) is 104 Å². The lowest BCUT2D eigenvalue weighted by molar-refractivity contribution is -0.147. The van der Waals surface area contributed by atoms with Gasteiger partial charge in [0.1, 0.15) is 42.0 Å². The van der Waals surface area contributed by atoms with E-state index in [0.717, 1.165) is 64.2 Å². The van der Waals surface area contributed by atoms with E-state index in [4.69, 9.17) is 10.2 Å². The minimum absolute atomic E-state index is 0.126. The molecule has 0 heterocycles. The summed E-state index contributed by atoms with van der Waals surface area (Å²) in [5.41, 5.74) is -1.67. The molecule has 0 aromatic heterocycles. The minimum Gasteiger partial charge on any atom is -0.394 e. The molecule has 8 atom stereocenters. The smallest absolute Gasteiger partial charge is 0.235 e. The van der Waals surface area contributed by atoms with Gasteiger partial charge in [0, 0.05) is 13.1 Å². The summed E-state index contributed by atoms with van der Waals surface area (Å²) in [4.78, 5) is 27.6. The normalized spacial score (nSPS) is 17.5. The second-order valence-corrected chi connectivity index (χ2v) is 12.1. The van der Waals surface area contributed by atoms with Gasteiger partial charge in [-0.25, -0.2) is 0 Å². The molecule has 0 aliphatic heterocycles. The molecule has 45 heavy (non-hydrogen) atoms. The molecular weight excluding hydrogens is 592 g/mol. The molecule has 0 saturated heterocycles. The number of hydrogen-bond acceptors (Lipinski definition) is 12. The third kappa shape index (κ3) is 15.8. The highest BCUT2D eigenvalue weighted by molar-refractivity contribution is 6.05. The van der Waals surface area contributed by atoms with Gasteiger partial charge >= 0.3 is 0 Å². The van der Waals surface area contributed by atoms with Crippen LogP contribution in [0.15, 0.2) is 0 Å². The number of aliphatic hydroxyl groups excluding tert-OH is 10. The highest BCUT2D eigenvalue weighted by Crippen LogP contribution is 2.33. The molecule has 0 radical (unpaired) electrons. The fourth-order valence-electron chi connectivity index (χ4n) is 5.20. The first-order valence-corrected chi connectivity index (χ1v) is 16.6. The van der Waals surface area contributed by atoms with E-state index >= 15 is 0 Å². The number of aliphatic hydroxyl groups is 10. The average Bonchev–Trinajstić information content (AvgIpc) is 3.05. The third-order valence-electron chi connectivity index (χ3n) is 8.38. The van der Waals surface area contributed by atoms with Gasteiger partial charge < -0.3 is 61.7 Å². The standard InChI is InChI=1S/C31H62N2O12/c1-3-5-7-9-11-13-15-31(16-14-12-10-8-6-4-2,29(44)32-17-21(36)25(40)27(42)23(38)19-34)30(45)33-18-22(37)26(41)28(43)24(39)20-35/h21-28,34-43H,3-20H2,1-2H3,(H,32,44)(H,33,45)/t21-,22-,23+,24+,25+,26+,27-,28-/m0/s1. The van der Waals surface area contributed by atoms with Gasteiger partial charge in [0.2, 0.25) is 11.8 Å². The van der Waals surface area contributed by atoms with Gasteiger partial charge in [0.15, 0.2) is 0 Å². The molecule has 0 aromatic rings. The van der Waals surface area contributed by atoms with Crippen LogP contribution in [0.4, 0.5) is 0 Å². The van der Waals surface area contributed by atoms with Crippen molar-refractivity contribution in [2.45, 2.75) is 153 Å². The second-order valence-electron chi connectivity index (χ2n) is 12.1. The van der Waals surface area contributed by atoms with Crippen LogP contribution < -0.4 is 10.6 Å². The van der Waals surface area contributed by atoms with Crippen molar-refractivity contribution in [3.05, 3.63) is 0 Å². The number of nitrogens with one attached hydrogen (secondary N) is 2. The summed E-state index contributed by atoms with van der Waals surface area (Å²) < 4.78 is 0. The Bertz CT molecular complexity index is 715. The van der Waals surface area contributed by atoms with Crippen LogP contribution in [0.25, 0.3) is 0 Å². The number of rotatable bonds is 28. The van der Waals surface area contributed by atoms with Gasteiger partial charge in [0.25, 0.3) is 0 Å². The van der Waals surface area contributed by atoms with Crippen molar-refractivity contribution in [1.29, 1.82) is 0 Å². The summed E-state index contributed by atoms with van der Waals surface area (Å²) in [5, 5.41) is 103. The van der Waals surface area contributed by atoms with Crippen LogP contribution >= 0.6 is 0 Å². The lowest BCUT2D eigenvalue weighted by atomic mass is 9.75. The molecule has 0 bridgehead atoms. The molecule has 14 heteroatoms. The second kappa shape index (κ2) is 24.7. The Morgan fingerprint density at radius 3 is 1.09 bits per heavy atom. The number of unbranched alkanes of at least 4 members (excludes halogenated alkanes) is 10. The Morgan fingerprint density at radius 2 is 0.778 bits per heavy atom. The maximum Gasteiger partial charge on any atom is 0.235 e. The highest BCUT2D eigenvalue weighted by Gasteiger charge is 2.45. The number of carbonyl (C=O) groups excluding carboxylic acids is 2. The molecule has 0 aromatic carbocycles. The van der Waals surface area contributed by atoms with E-state index in [2.05, 4.69) is 24.5 Å². The third-order valence-corrected chi connectivity index (χ3v) is 8.38. The SMILES string of the molecule is CCCCCCCCC(CCCCCCCC)(C(=O)NC[C@H](O)[C@@H](O)[C@@H](O)[C@H](O)CO)C(=O)NC[C@H](O)[C@@H](O)[C@@H](O)[C@H](O)CO. The van der Waals surface area contributed by atoms with Crippen molar-refractivity contribution >= 4 is 11.8 Å². The van der Waals surface area contributed by atoms with Gasteiger partial charge in [0.05, 0.1) is 25.4 Å². The summed E-state index contributed by atoms with van der Waals surface area (Å²) in [6.45, 7) is 1.28. The van der Waals surface area contributed by atoms with E-state index in [1.807, 2.05) is 0 Å². The van der Waals surface area contributed by atoms with Gasteiger partial charge in [-0.2, -0.15) is 0 Å². The van der Waals surface area contributed by atoms with E-state index in [-0.39, 0.29) is 12.8 Å². The molecule has 0 aliphatic carbocycles. The Morgan fingerprint density at radius 1 is 0.489 bits per heavy atom. The molecule has 0 unspecified atom stereocenters. The maximum absolute atomic E-state index is 13.8. The summed E-state index contributed by atoms with van der Waals surface area (Å²) in [5.74, 6) is -1.51. The predicted octanol–water partition coefficient (Wildman–Crippen LogP) is -1.42. The summed E-state index contributed by atoms with van der Waals surface area (Å²) in [6.07, 6.45) is -3.79. The highest BCUT2D eigenvalue weighted by atomic mass is 16.4. The lowest BCUT2D eigenvalue weighted by Gasteiger charge is -2.33. The molecular formula is C31H62N2O12. The van der Waals surface area contributed by atoms with Crippen molar-refractivity contribution in [1.82, 2.24) is 10.6 Å². The van der Waals surface area contributed by atoms with E-state index in [1.165, 1.54) is 0 Å². The van der Waals surface area contributed by atoms with E-state index in [1.54, 1.807) is 0 Å². The molecule has 14 nitrogen and oxygen atoms in total. The van der Waals surface area contributed by atoms with Crippen LogP contribution in [0.2, 0.25) is 0 Å². The largest absolute Gasteiger partial charge is 0.394 e. The maximum atomic E-state index is 13.8. The van der Waals surface area contributed by atoms with E-state index < -0.39 is 92.4 Å². The van der Waals surface area contributed by atoms with Crippen molar-refractivity contribution in [3.8, 4) is 0 Å². The van der Waals surface area contributed by atoms with E-state index in [9.17, 15) is 50.4 Å². The fraction of sp³-hybridized carbons (Fsp3) is 0.935. The zero-order valence-corrected chi connectivity index (χ0v) is 27.1. The van der Waals surface area contributed by atoms with Crippen LogP contribution in [-0.2, 0) is 9.59 Å². The quantitative estimate of drug-likeness (QED) is 0.0343. The Balaban J connectivity index is 5.99. The van der Waals surface area contributed by atoms with Crippen molar-refractivity contribution in [2.75, 3.05) is 26.3 Å². The molecule has 12 N–H and O–H groups in total. The van der Waals surface area contributed by atoms with Gasteiger partial charge in [-0.05, 0) is 12.8 Å². The van der Waals surface area contributed by atoms with Crippen molar-refractivity contribution < 1.29 is 60.7 Å². The zero-order valence-electron chi connectivity index (χ0n) is 27.1. The molecule has 0 fully saturated rings. The number of hydrogen-bond donors (Lipinski definition) is 12. The van der Waals surface area contributed by atoms with Crippen molar-refractivity contribution in [2.24, 2.45) is 5.41 Å². The summed E-state index contributed by atoms with van der Waals surface area (Å²) in [7, 11) is 0. The van der Waals surface area contributed by atoms with Crippen LogP contribution in [0, 0.1) is 5.41 Å². The Kier molecular flexibility index (Phi) is 23.9. The fourth-order valence-corrected chi connectivity index (χ4v) is 5.20. The molecule has 0 aliphatic rings. The molecule has 268 valence electrons.